The summed E-state index contributed by atoms with van der Waals surface area (Å²) in [6.07, 6.45) is 7.83. The molecule has 1 aromatic heterocycles. The predicted octanol–water partition coefficient (Wildman–Crippen LogP) is 5.21. The second-order valence-corrected chi connectivity index (χ2v) is 10.4. The van der Waals surface area contributed by atoms with Crippen molar-refractivity contribution in [3.05, 3.63) is 41.3 Å². The normalized spacial score (nSPS) is 32.6. The molecule has 4 aliphatic rings. The van der Waals surface area contributed by atoms with Gasteiger partial charge in [0.05, 0.1) is 5.25 Å². The van der Waals surface area contributed by atoms with Crippen molar-refractivity contribution < 1.29 is 9.21 Å². The van der Waals surface area contributed by atoms with E-state index in [0.29, 0.717) is 5.22 Å². The number of hydrogen-bond donors (Lipinski definition) is 0. The molecule has 0 saturated heterocycles. The first-order valence-corrected chi connectivity index (χ1v) is 11.0. The van der Waals surface area contributed by atoms with Gasteiger partial charge in [0, 0.05) is 11.0 Å². The maximum absolute atomic E-state index is 12.7. The van der Waals surface area contributed by atoms with Crippen LogP contribution in [-0.2, 0) is 5.41 Å². The minimum absolute atomic E-state index is 0.106. The van der Waals surface area contributed by atoms with Gasteiger partial charge in [0.25, 0.3) is 5.22 Å². The Morgan fingerprint density at radius 1 is 1.07 bits per heavy atom. The van der Waals surface area contributed by atoms with Crippen LogP contribution in [0.4, 0.5) is 0 Å². The van der Waals surface area contributed by atoms with E-state index in [-0.39, 0.29) is 16.4 Å². The molecule has 0 N–H and O–H groups in total. The highest BCUT2D eigenvalue weighted by Gasteiger charge is 2.54. The third-order valence-corrected chi connectivity index (χ3v) is 7.82. The molecule has 4 nitrogen and oxygen atoms in total. The van der Waals surface area contributed by atoms with Crippen molar-refractivity contribution in [2.24, 2.45) is 17.8 Å². The first-order valence-electron chi connectivity index (χ1n) is 10.1. The Hall–Kier alpha value is -1.62. The molecule has 0 unspecified atom stereocenters. The molecule has 6 rings (SSSR count). The van der Waals surface area contributed by atoms with Gasteiger partial charge < -0.3 is 4.42 Å². The van der Waals surface area contributed by atoms with E-state index >= 15 is 0 Å². The second kappa shape index (κ2) is 6.47. The van der Waals surface area contributed by atoms with Gasteiger partial charge in [0.2, 0.25) is 5.89 Å². The van der Waals surface area contributed by atoms with Crippen LogP contribution in [0, 0.1) is 24.7 Å². The van der Waals surface area contributed by atoms with E-state index in [1.165, 1.54) is 50.3 Å². The van der Waals surface area contributed by atoms with Crippen molar-refractivity contribution in [1.82, 2.24) is 10.2 Å². The highest BCUT2D eigenvalue weighted by molar-refractivity contribution is 8.00. The average molecular weight is 383 g/mol. The number of carbonyl (C=O) groups is 1. The molecule has 4 bridgehead atoms. The summed E-state index contributed by atoms with van der Waals surface area (Å²) in [6.45, 7) is 3.94. The molecule has 0 spiro atoms. The fraction of sp³-hybridized carbons (Fsp3) is 0.591. The fourth-order valence-electron chi connectivity index (χ4n) is 6.00. The number of carbonyl (C=O) groups excluding carboxylic acids is 1. The van der Waals surface area contributed by atoms with Crippen LogP contribution in [0.1, 0.15) is 67.3 Å². The van der Waals surface area contributed by atoms with E-state index in [0.717, 1.165) is 34.8 Å². The van der Waals surface area contributed by atoms with Crippen molar-refractivity contribution in [2.45, 2.75) is 68.3 Å². The molecule has 1 aromatic carbocycles. The standard InChI is InChI=1S/C22H26N2O2S/c1-13-3-5-18(6-4-13)19(25)14(2)27-21-24-23-20(26-21)22-10-15-7-16(11-22)9-17(8-15)12-22/h3-6,14-17H,7-12H2,1-2H3/t14-,15?,16?,17?,22?/m0/s1. The smallest absolute Gasteiger partial charge is 0.277 e. The van der Waals surface area contributed by atoms with Crippen molar-refractivity contribution in [3.63, 3.8) is 0 Å². The number of thioether (sulfide) groups is 1. The van der Waals surface area contributed by atoms with Gasteiger partial charge in [-0.15, -0.1) is 10.2 Å². The average Bonchev–Trinajstić information content (AvgIpc) is 3.10. The maximum Gasteiger partial charge on any atom is 0.277 e. The zero-order valence-electron chi connectivity index (χ0n) is 16.0. The Labute approximate surface area is 164 Å². The number of ketones is 1. The third-order valence-electron chi connectivity index (χ3n) is 6.88. The molecule has 4 aliphatic carbocycles. The fourth-order valence-corrected chi connectivity index (χ4v) is 6.76. The molecule has 27 heavy (non-hydrogen) atoms. The summed E-state index contributed by atoms with van der Waals surface area (Å²) < 4.78 is 6.13. The van der Waals surface area contributed by atoms with Crippen LogP contribution in [0.5, 0.6) is 0 Å². The maximum atomic E-state index is 12.7. The summed E-state index contributed by atoms with van der Waals surface area (Å²) >= 11 is 1.39. The number of aromatic nitrogens is 2. The summed E-state index contributed by atoms with van der Waals surface area (Å²) in [5.41, 5.74) is 2.01. The first-order chi connectivity index (χ1) is 13.0. The molecule has 0 radical (unpaired) electrons. The molecule has 142 valence electrons. The van der Waals surface area contributed by atoms with Gasteiger partial charge >= 0.3 is 0 Å². The van der Waals surface area contributed by atoms with Crippen LogP contribution in [0.2, 0.25) is 0 Å². The molecular formula is C22H26N2O2S. The van der Waals surface area contributed by atoms with Gasteiger partial charge in [0.15, 0.2) is 5.78 Å². The van der Waals surface area contributed by atoms with E-state index in [1.807, 2.05) is 38.1 Å². The van der Waals surface area contributed by atoms with Crippen molar-refractivity contribution in [1.29, 1.82) is 0 Å². The molecule has 5 heteroatoms. The van der Waals surface area contributed by atoms with Crippen LogP contribution >= 0.6 is 11.8 Å². The lowest BCUT2D eigenvalue weighted by molar-refractivity contribution is -0.0191. The number of nitrogens with zero attached hydrogens (tertiary/aromatic N) is 2. The topological polar surface area (TPSA) is 56.0 Å². The SMILES string of the molecule is Cc1ccc(C(=O)[C@H](C)Sc2nnc(C34CC5CC(CC(C5)C3)C4)o2)cc1. The van der Waals surface area contributed by atoms with Gasteiger partial charge in [-0.3, -0.25) is 4.79 Å². The Morgan fingerprint density at radius 2 is 1.67 bits per heavy atom. The van der Waals surface area contributed by atoms with Crippen molar-refractivity contribution >= 4 is 17.5 Å². The zero-order valence-corrected chi connectivity index (χ0v) is 16.8. The van der Waals surface area contributed by atoms with E-state index in [2.05, 4.69) is 10.2 Å². The number of aryl methyl sites for hydroxylation is 1. The van der Waals surface area contributed by atoms with Gasteiger partial charge in [0.1, 0.15) is 0 Å². The van der Waals surface area contributed by atoms with E-state index in [9.17, 15) is 4.79 Å². The van der Waals surface area contributed by atoms with Crippen molar-refractivity contribution in [3.8, 4) is 0 Å². The van der Waals surface area contributed by atoms with Crippen LogP contribution in [-0.4, -0.2) is 21.2 Å². The number of benzene rings is 1. The highest BCUT2D eigenvalue weighted by Crippen LogP contribution is 2.60. The summed E-state index contributed by atoms with van der Waals surface area (Å²) in [6, 6.07) is 7.73. The monoisotopic (exact) mass is 382 g/mol. The summed E-state index contributed by atoms with van der Waals surface area (Å²) in [4.78, 5) is 12.7. The summed E-state index contributed by atoms with van der Waals surface area (Å²) in [5.74, 6) is 3.48. The predicted molar refractivity (Wildman–Crippen MR) is 105 cm³/mol. The van der Waals surface area contributed by atoms with E-state index in [4.69, 9.17) is 4.42 Å². The molecule has 4 fully saturated rings. The third kappa shape index (κ3) is 3.14. The lowest BCUT2D eigenvalue weighted by atomic mass is 9.49. The van der Waals surface area contributed by atoms with Crippen molar-refractivity contribution in [2.75, 3.05) is 0 Å². The largest absolute Gasteiger partial charge is 0.415 e. The molecule has 1 heterocycles. The molecular weight excluding hydrogens is 356 g/mol. The molecule has 0 aliphatic heterocycles. The lowest BCUT2D eigenvalue weighted by Crippen LogP contribution is -2.48. The zero-order chi connectivity index (χ0) is 18.6. The van der Waals surface area contributed by atoms with Crippen LogP contribution in [0.15, 0.2) is 33.9 Å². The Bertz CT molecular complexity index is 822. The summed E-state index contributed by atoms with van der Waals surface area (Å²) in [5, 5.41) is 9.05. The number of Topliss-reactive ketones (excluding diaryl/α,β-unsaturated/α-hetero) is 1. The number of hydrogen-bond acceptors (Lipinski definition) is 5. The van der Waals surface area contributed by atoms with Gasteiger partial charge in [-0.05, 0) is 70.1 Å². The second-order valence-electron chi connectivity index (χ2n) is 9.06. The van der Waals surface area contributed by atoms with Crippen LogP contribution < -0.4 is 0 Å². The minimum atomic E-state index is -0.239. The van der Waals surface area contributed by atoms with Crippen LogP contribution in [0.3, 0.4) is 0 Å². The first kappa shape index (κ1) is 17.5. The lowest BCUT2D eigenvalue weighted by Gasteiger charge is -2.55. The highest BCUT2D eigenvalue weighted by atomic mass is 32.2. The molecule has 4 saturated carbocycles. The quantitative estimate of drug-likeness (QED) is 0.525. The Morgan fingerprint density at radius 3 is 2.26 bits per heavy atom. The van der Waals surface area contributed by atoms with E-state index < -0.39 is 0 Å². The molecule has 2 aromatic rings. The number of rotatable bonds is 5. The Kier molecular flexibility index (Phi) is 4.19. The molecule has 0 amide bonds. The van der Waals surface area contributed by atoms with Gasteiger partial charge in [-0.25, -0.2) is 0 Å². The van der Waals surface area contributed by atoms with Gasteiger partial charge in [-0.2, -0.15) is 0 Å². The minimum Gasteiger partial charge on any atom is -0.415 e. The van der Waals surface area contributed by atoms with Crippen LogP contribution in [0.25, 0.3) is 0 Å². The van der Waals surface area contributed by atoms with Gasteiger partial charge in [-0.1, -0.05) is 41.6 Å². The molecule has 1 atom stereocenters. The Balaban J connectivity index is 1.31. The van der Waals surface area contributed by atoms with E-state index in [1.54, 1.807) is 0 Å². The summed E-state index contributed by atoms with van der Waals surface area (Å²) in [7, 11) is 0.